The lowest BCUT2D eigenvalue weighted by Gasteiger charge is -2.08. The highest BCUT2D eigenvalue weighted by atomic mass is 16.5. The summed E-state index contributed by atoms with van der Waals surface area (Å²) in [6.45, 7) is 0.351. The van der Waals surface area contributed by atoms with Gasteiger partial charge in [0.15, 0.2) is 0 Å². The fourth-order valence-corrected chi connectivity index (χ4v) is 1.58. The first-order chi connectivity index (χ1) is 9.19. The van der Waals surface area contributed by atoms with Crippen LogP contribution in [0.4, 0.5) is 0 Å². The molecule has 0 aliphatic carbocycles. The number of aromatic nitrogens is 1. The molecule has 0 saturated carbocycles. The van der Waals surface area contributed by atoms with Gasteiger partial charge in [-0.3, -0.25) is 4.98 Å². The van der Waals surface area contributed by atoms with Crippen molar-refractivity contribution in [2.45, 2.75) is 6.61 Å². The summed E-state index contributed by atoms with van der Waals surface area (Å²) in [6.07, 6.45) is 2.90. The van der Waals surface area contributed by atoms with Gasteiger partial charge >= 0.3 is 7.12 Å². The minimum atomic E-state index is -1.55. The number of methoxy groups -OCH3 is 1. The third kappa shape index (κ3) is 3.71. The third-order valence-electron chi connectivity index (χ3n) is 2.57. The number of pyridine rings is 1. The molecule has 0 spiro atoms. The Hall–Kier alpha value is -2.05. The Morgan fingerprint density at radius 3 is 2.74 bits per heavy atom. The second kappa shape index (κ2) is 6.22. The zero-order valence-corrected chi connectivity index (χ0v) is 10.5. The van der Waals surface area contributed by atoms with Gasteiger partial charge in [-0.2, -0.15) is 0 Å². The molecule has 0 radical (unpaired) electrons. The van der Waals surface area contributed by atoms with Crippen LogP contribution in [0.3, 0.4) is 0 Å². The fraction of sp³-hybridized carbons (Fsp3) is 0.154. The van der Waals surface area contributed by atoms with Crippen molar-refractivity contribution < 1.29 is 19.5 Å². The zero-order valence-electron chi connectivity index (χ0n) is 10.5. The molecule has 2 N–H and O–H groups in total. The van der Waals surface area contributed by atoms with Crippen molar-refractivity contribution in [1.82, 2.24) is 4.98 Å². The zero-order chi connectivity index (χ0) is 13.7. The van der Waals surface area contributed by atoms with Crippen LogP contribution in [0.5, 0.6) is 11.5 Å². The van der Waals surface area contributed by atoms with Gasteiger partial charge in [0, 0.05) is 11.7 Å². The van der Waals surface area contributed by atoms with Crippen LogP contribution in [0.15, 0.2) is 42.7 Å². The van der Waals surface area contributed by atoms with Gasteiger partial charge in [-0.1, -0.05) is 12.1 Å². The molecule has 1 heterocycles. The van der Waals surface area contributed by atoms with Gasteiger partial charge in [-0.15, -0.1) is 0 Å². The number of hydrogen-bond acceptors (Lipinski definition) is 5. The average Bonchev–Trinajstić information content (AvgIpc) is 2.45. The van der Waals surface area contributed by atoms with Gasteiger partial charge in [-0.05, 0) is 23.8 Å². The molecule has 0 amide bonds. The number of benzene rings is 1. The van der Waals surface area contributed by atoms with Crippen molar-refractivity contribution in [3.8, 4) is 11.5 Å². The lowest BCUT2D eigenvalue weighted by atomic mass is 9.82. The van der Waals surface area contributed by atoms with Crippen LogP contribution >= 0.6 is 0 Å². The average molecular weight is 259 g/mol. The van der Waals surface area contributed by atoms with Crippen molar-refractivity contribution in [2.24, 2.45) is 0 Å². The van der Waals surface area contributed by atoms with Gasteiger partial charge in [0.05, 0.1) is 13.3 Å². The Kier molecular flexibility index (Phi) is 4.38. The van der Waals surface area contributed by atoms with Crippen LogP contribution in [-0.2, 0) is 6.61 Å². The van der Waals surface area contributed by atoms with Gasteiger partial charge < -0.3 is 19.5 Å². The molecule has 0 unspecified atom stereocenters. The van der Waals surface area contributed by atoms with Crippen molar-refractivity contribution in [1.29, 1.82) is 0 Å². The van der Waals surface area contributed by atoms with E-state index in [0.717, 1.165) is 11.3 Å². The molecule has 0 saturated heterocycles. The monoisotopic (exact) mass is 259 g/mol. The molecule has 0 aliphatic heterocycles. The number of nitrogens with zero attached hydrogens (tertiary/aromatic N) is 1. The molecular weight excluding hydrogens is 245 g/mol. The maximum atomic E-state index is 9.05. The Morgan fingerprint density at radius 2 is 2.00 bits per heavy atom. The van der Waals surface area contributed by atoms with Gasteiger partial charge in [-0.25, -0.2) is 0 Å². The van der Waals surface area contributed by atoms with E-state index >= 15 is 0 Å². The number of hydrogen-bond donors (Lipinski definition) is 2. The predicted octanol–water partition coefficient (Wildman–Crippen LogP) is 0.349. The summed E-state index contributed by atoms with van der Waals surface area (Å²) in [5, 5.41) is 18.1. The predicted molar refractivity (Wildman–Crippen MR) is 71.4 cm³/mol. The van der Waals surface area contributed by atoms with Crippen molar-refractivity contribution in [3.05, 3.63) is 48.3 Å². The highest BCUT2D eigenvalue weighted by molar-refractivity contribution is 6.58. The van der Waals surface area contributed by atoms with Crippen LogP contribution in [0.1, 0.15) is 5.56 Å². The summed E-state index contributed by atoms with van der Waals surface area (Å²) in [5.41, 5.74) is 1.25. The molecule has 0 fully saturated rings. The largest absolute Gasteiger partial charge is 0.497 e. The SMILES string of the molecule is COc1cccc(COc2cncc(B(O)O)c2)c1. The number of ether oxygens (including phenoxy) is 2. The Balaban J connectivity index is 2.03. The van der Waals surface area contributed by atoms with Crippen molar-refractivity contribution in [3.63, 3.8) is 0 Å². The molecule has 1 aromatic carbocycles. The third-order valence-corrected chi connectivity index (χ3v) is 2.57. The molecule has 98 valence electrons. The lowest BCUT2D eigenvalue weighted by molar-refractivity contribution is 0.304. The van der Waals surface area contributed by atoms with Crippen LogP contribution in [0.25, 0.3) is 0 Å². The van der Waals surface area contributed by atoms with E-state index in [9.17, 15) is 0 Å². The number of rotatable bonds is 5. The molecule has 6 heteroatoms. The van der Waals surface area contributed by atoms with Crippen molar-refractivity contribution >= 4 is 12.6 Å². The molecule has 2 aromatic rings. The van der Waals surface area contributed by atoms with E-state index < -0.39 is 7.12 Å². The highest BCUT2D eigenvalue weighted by Gasteiger charge is 2.12. The minimum absolute atomic E-state index is 0.295. The van der Waals surface area contributed by atoms with E-state index in [1.165, 1.54) is 18.5 Å². The van der Waals surface area contributed by atoms with E-state index in [1.54, 1.807) is 7.11 Å². The van der Waals surface area contributed by atoms with Crippen LogP contribution in [0.2, 0.25) is 0 Å². The molecule has 19 heavy (non-hydrogen) atoms. The molecule has 5 nitrogen and oxygen atoms in total. The van der Waals surface area contributed by atoms with Crippen LogP contribution < -0.4 is 14.9 Å². The molecule has 0 atom stereocenters. The second-order valence-electron chi connectivity index (χ2n) is 3.97. The smallest absolute Gasteiger partial charge is 0.490 e. The van der Waals surface area contributed by atoms with Gasteiger partial charge in [0.1, 0.15) is 18.1 Å². The van der Waals surface area contributed by atoms with Gasteiger partial charge in [0.25, 0.3) is 0 Å². The summed E-state index contributed by atoms with van der Waals surface area (Å²) in [7, 11) is 0.0589. The molecule has 0 aliphatic rings. The standard InChI is InChI=1S/C13H14BNO4/c1-18-12-4-2-3-10(5-12)9-19-13-6-11(14(16)17)7-15-8-13/h2-8,16-17H,9H2,1H3. The molecular formula is C13H14BNO4. The normalized spacial score (nSPS) is 10.1. The van der Waals surface area contributed by atoms with Crippen molar-refractivity contribution in [2.75, 3.05) is 7.11 Å². The van der Waals surface area contributed by atoms with E-state index in [1.807, 2.05) is 24.3 Å². The topological polar surface area (TPSA) is 71.8 Å². The second-order valence-corrected chi connectivity index (χ2v) is 3.97. The fourth-order valence-electron chi connectivity index (χ4n) is 1.58. The summed E-state index contributed by atoms with van der Waals surface area (Å²) < 4.78 is 10.7. The van der Waals surface area contributed by atoms with E-state index in [4.69, 9.17) is 19.5 Å². The quantitative estimate of drug-likeness (QED) is 0.758. The first-order valence-corrected chi connectivity index (χ1v) is 5.76. The molecule has 1 aromatic heterocycles. The first kappa shape index (κ1) is 13.4. The summed E-state index contributed by atoms with van der Waals surface area (Å²) in [5.74, 6) is 1.24. The first-order valence-electron chi connectivity index (χ1n) is 5.76. The van der Waals surface area contributed by atoms with Gasteiger partial charge in [0.2, 0.25) is 0 Å². The van der Waals surface area contributed by atoms with E-state index in [-0.39, 0.29) is 0 Å². The Labute approximate surface area is 111 Å². The van der Waals surface area contributed by atoms with Crippen LogP contribution in [0, 0.1) is 0 Å². The lowest BCUT2D eigenvalue weighted by Crippen LogP contribution is -2.30. The summed E-state index contributed by atoms with van der Waals surface area (Å²) in [6, 6.07) is 9.06. The highest BCUT2D eigenvalue weighted by Crippen LogP contribution is 2.15. The molecule has 0 bridgehead atoms. The summed E-state index contributed by atoms with van der Waals surface area (Å²) in [4.78, 5) is 3.88. The maximum absolute atomic E-state index is 9.05. The maximum Gasteiger partial charge on any atom is 0.490 e. The molecule has 2 rings (SSSR count). The van der Waals surface area contributed by atoms with Crippen LogP contribution in [-0.4, -0.2) is 29.3 Å². The Morgan fingerprint density at radius 1 is 1.16 bits per heavy atom. The summed E-state index contributed by atoms with van der Waals surface area (Å²) >= 11 is 0. The Bertz CT molecular complexity index is 548. The van der Waals surface area contributed by atoms with E-state index in [0.29, 0.717) is 17.8 Å². The minimum Gasteiger partial charge on any atom is -0.497 e. The van der Waals surface area contributed by atoms with E-state index in [2.05, 4.69) is 4.98 Å².